The number of nitrogens with zero attached hydrogens (tertiary/aromatic N) is 1. The van der Waals surface area contributed by atoms with Crippen molar-refractivity contribution < 1.29 is 14.4 Å². The Balaban J connectivity index is 1.83. The Bertz CT molecular complexity index is 952. The average Bonchev–Trinajstić information content (AvgIpc) is 2.70. The lowest BCUT2D eigenvalue weighted by molar-refractivity contribution is -0.140. The Labute approximate surface area is 161 Å². The van der Waals surface area contributed by atoms with E-state index in [1.54, 1.807) is 48.2 Å². The quantitative estimate of drug-likeness (QED) is 0.264. The van der Waals surface area contributed by atoms with E-state index >= 15 is 0 Å². The molecule has 3 aromatic rings. The Hall–Kier alpha value is -3.18. The lowest BCUT2D eigenvalue weighted by Gasteiger charge is -2.07. The third kappa shape index (κ3) is 5.15. The minimum atomic E-state index is -0.578. The van der Waals surface area contributed by atoms with Gasteiger partial charge in [0.2, 0.25) is 5.78 Å². The molecule has 27 heavy (non-hydrogen) atoms. The summed E-state index contributed by atoms with van der Waals surface area (Å²) in [6.07, 6.45) is 0. The van der Waals surface area contributed by atoms with Crippen LogP contribution in [0.5, 0.6) is 0 Å². The molecule has 0 unspecified atom stereocenters. The number of hydrogen-bond donors (Lipinski definition) is 0. The third-order valence-electron chi connectivity index (χ3n) is 3.62. The number of rotatable bonds is 6. The molecule has 0 amide bonds. The SMILES string of the molecule is CC(=O)O/N=C(\C(=O)c1ccc(Sc2ccccc2)cc1)c1ccccc1. The highest BCUT2D eigenvalue weighted by Crippen LogP contribution is 2.27. The third-order valence-corrected chi connectivity index (χ3v) is 4.64. The van der Waals surface area contributed by atoms with E-state index in [0.717, 1.165) is 9.79 Å². The molecule has 0 fully saturated rings. The first-order valence-corrected chi connectivity index (χ1v) is 9.14. The van der Waals surface area contributed by atoms with E-state index in [1.165, 1.54) is 6.92 Å². The molecule has 0 saturated heterocycles. The van der Waals surface area contributed by atoms with Crippen LogP contribution in [-0.4, -0.2) is 17.5 Å². The topological polar surface area (TPSA) is 55.7 Å². The summed E-state index contributed by atoms with van der Waals surface area (Å²) in [6, 6.07) is 26.2. The zero-order valence-electron chi connectivity index (χ0n) is 14.7. The molecule has 0 bridgehead atoms. The Morgan fingerprint density at radius 1 is 0.741 bits per heavy atom. The van der Waals surface area contributed by atoms with Crippen LogP contribution in [0.2, 0.25) is 0 Å². The summed E-state index contributed by atoms with van der Waals surface area (Å²) in [5.74, 6) is -0.885. The van der Waals surface area contributed by atoms with Gasteiger partial charge in [0.15, 0.2) is 5.71 Å². The minimum absolute atomic E-state index is 0.0919. The maximum Gasteiger partial charge on any atom is 0.332 e. The molecule has 0 aromatic heterocycles. The van der Waals surface area contributed by atoms with Gasteiger partial charge in [-0.1, -0.05) is 65.4 Å². The van der Waals surface area contributed by atoms with Gasteiger partial charge in [0.1, 0.15) is 0 Å². The summed E-state index contributed by atoms with van der Waals surface area (Å²) in [6.45, 7) is 1.24. The molecule has 0 spiro atoms. The van der Waals surface area contributed by atoms with Gasteiger partial charge in [-0.3, -0.25) is 4.79 Å². The number of ketones is 1. The molecule has 134 valence electrons. The second-order valence-electron chi connectivity index (χ2n) is 5.66. The van der Waals surface area contributed by atoms with E-state index < -0.39 is 5.97 Å². The highest BCUT2D eigenvalue weighted by molar-refractivity contribution is 7.99. The van der Waals surface area contributed by atoms with Crippen molar-refractivity contribution in [2.75, 3.05) is 0 Å². The minimum Gasteiger partial charge on any atom is -0.318 e. The second-order valence-corrected chi connectivity index (χ2v) is 6.80. The predicted octanol–water partition coefficient (Wildman–Crippen LogP) is 4.99. The van der Waals surface area contributed by atoms with Gasteiger partial charge >= 0.3 is 5.97 Å². The van der Waals surface area contributed by atoms with Crippen LogP contribution in [0.3, 0.4) is 0 Å². The molecule has 0 saturated carbocycles. The Morgan fingerprint density at radius 2 is 1.30 bits per heavy atom. The first-order valence-electron chi connectivity index (χ1n) is 8.32. The molecular formula is C22H17NO3S. The zero-order valence-corrected chi connectivity index (χ0v) is 15.5. The highest BCUT2D eigenvalue weighted by atomic mass is 32.2. The molecule has 3 rings (SSSR count). The van der Waals surface area contributed by atoms with Gasteiger partial charge in [0, 0.05) is 27.8 Å². The zero-order chi connectivity index (χ0) is 19.1. The fourth-order valence-corrected chi connectivity index (χ4v) is 3.20. The van der Waals surface area contributed by atoms with Gasteiger partial charge in [0.25, 0.3) is 0 Å². The van der Waals surface area contributed by atoms with Crippen molar-refractivity contribution >= 4 is 29.2 Å². The molecule has 0 heterocycles. The fourth-order valence-electron chi connectivity index (χ4n) is 2.37. The van der Waals surface area contributed by atoms with Gasteiger partial charge in [-0.25, -0.2) is 4.79 Å². The van der Waals surface area contributed by atoms with Crippen molar-refractivity contribution in [2.24, 2.45) is 5.16 Å². The number of benzene rings is 3. The standard InChI is InChI=1S/C22H17NO3S/c1-16(24)26-23-21(17-8-4-2-5-9-17)22(25)18-12-14-20(15-13-18)27-19-10-6-3-7-11-19/h2-15H,1H3/b23-21-. The molecule has 0 radical (unpaired) electrons. The largest absolute Gasteiger partial charge is 0.332 e. The van der Waals surface area contributed by atoms with Gasteiger partial charge < -0.3 is 4.84 Å². The monoisotopic (exact) mass is 375 g/mol. The Kier molecular flexibility index (Phi) is 6.18. The average molecular weight is 375 g/mol. The number of hydrogen-bond acceptors (Lipinski definition) is 5. The van der Waals surface area contributed by atoms with Crippen LogP contribution >= 0.6 is 11.8 Å². The van der Waals surface area contributed by atoms with E-state index in [4.69, 9.17) is 4.84 Å². The second kappa shape index (κ2) is 8.96. The summed E-state index contributed by atoms with van der Waals surface area (Å²) in [7, 11) is 0. The maximum atomic E-state index is 12.9. The molecule has 0 aliphatic rings. The van der Waals surface area contributed by atoms with Crippen molar-refractivity contribution in [3.05, 3.63) is 96.1 Å². The highest BCUT2D eigenvalue weighted by Gasteiger charge is 2.18. The van der Waals surface area contributed by atoms with Crippen LogP contribution in [0.1, 0.15) is 22.8 Å². The molecule has 3 aromatic carbocycles. The number of Topliss-reactive ketones (excluding diaryl/α,β-unsaturated/α-hetero) is 1. The van der Waals surface area contributed by atoms with E-state index in [-0.39, 0.29) is 11.5 Å². The van der Waals surface area contributed by atoms with Crippen LogP contribution in [0.4, 0.5) is 0 Å². The first kappa shape index (κ1) is 18.6. The van der Waals surface area contributed by atoms with E-state index in [2.05, 4.69) is 5.16 Å². The van der Waals surface area contributed by atoms with Crippen LogP contribution in [0.25, 0.3) is 0 Å². The van der Waals surface area contributed by atoms with Crippen molar-refractivity contribution in [3.8, 4) is 0 Å². The number of oxime groups is 1. The van der Waals surface area contributed by atoms with Crippen LogP contribution < -0.4 is 0 Å². The van der Waals surface area contributed by atoms with Crippen molar-refractivity contribution in [3.63, 3.8) is 0 Å². The van der Waals surface area contributed by atoms with Crippen LogP contribution in [0.15, 0.2) is 99.9 Å². The van der Waals surface area contributed by atoms with Crippen LogP contribution in [0, 0.1) is 0 Å². The summed E-state index contributed by atoms with van der Waals surface area (Å²) < 4.78 is 0. The molecule has 0 atom stereocenters. The molecule has 5 heteroatoms. The van der Waals surface area contributed by atoms with Crippen molar-refractivity contribution in [1.82, 2.24) is 0 Å². The van der Waals surface area contributed by atoms with Gasteiger partial charge in [-0.2, -0.15) is 0 Å². The van der Waals surface area contributed by atoms with Crippen molar-refractivity contribution in [1.29, 1.82) is 0 Å². The van der Waals surface area contributed by atoms with Gasteiger partial charge in [-0.15, -0.1) is 0 Å². The fraction of sp³-hybridized carbons (Fsp3) is 0.0455. The molecule has 0 aliphatic heterocycles. The number of carbonyl (C=O) groups is 2. The van der Waals surface area contributed by atoms with E-state index in [0.29, 0.717) is 11.1 Å². The lowest BCUT2D eigenvalue weighted by atomic mass is 10.0. The van der Waals surface area contributed by atoms with Crippen molar-refractivity contribution in [2.45, 2.75) is 16.7 Å². The molecular weight excluding hydrogens is 358 g/mol. The normalized spacial score (nSPS) is 11.1. The van der Waals surface area contributed by atoms with E-state index in [1.807, 2.05) is 48.5 Å². The lowest BCUT2D eigenvalue weighted by Crippen LogP contribution is -2.17. The molecule has 0 aliphatic carbocycles. The van der Waals surface area contributed by atoms with Crippen LogP contribution in [-0.2, 0) is 9.63 Å². The molecule has 0 N–H and O–H groups in total. The summed E-state index contributed by atoms with van der Waals surface area (Å²) in [5, 5.41) is 3.77. The summed E-state index contributed by atoms with van der Waals surface area (Å²) in [4.78, 5) is 30.9. The van der Waals surface area contributed by atoms with E-state index in [9.17, 15) is 9.59 Å². The Morgan fingerprint density at radius 3 is 1.89 bits per heavy atom. The predicted molar refractivity (Wildman–Crippen MR) is 106 cm³/mol. The summed E-state index contributed by atoms with van der Waals surface area (Å²) in [5.41, 5.74) is 1.16. The van der Waals surface area contributed by atoms with Gasteiger partial charge in [0.05, 0.1) is 0 Å². The number of carbonyl (C=O) groups excluding carboxylic acids is 2. The maximum absolute atomic E-state index is 12.9. The summed E-state index contributed by atoms with van der Waals surface area (Å²) >= 11 is 1.62. The van der Waals surface area contributed by atoms with Gasteiger partial charge in [-0.05, 0) is 36.4 Å². The molecule has 4 nitrogen and oxygen atoms in total. The first-order chi connectivity index (χ1) is 13.1. The smallest absolute Gasteiger partial charge is 0.318 e.